The van der Waals surface area contributed by atoms with E-state index in [4.69, 9.17) is 4.74 Å². The molecule has 0 radical (unpaired) electrons. The van der Waals surface area contributed by atoms with Gasteiger partial charge in [-0.2, -0.15) is 0 Å². The van der Waals surface area contributed by atoms with Crippen molar-refractivity contribution in [1.82, 2.24) is 0 Å². The molecule has 0 N–H and O–H groups in total. The van der Waals surface area contributed by atoms with Crippen LogP contribution in [-0.2, 0) is 9.30 Å². The molecule has 0 aliphatic rings. The van der Waals surface area contributed by atoms with Crippen LogP contribution in [0, 0.1) is 0 Å². The first-order chi connectivity index (χ1) is 6.05. The third-order valence-electron chi connectivity index (χ3n) is 1.87. The minimum atomic E-state index is -2.22. The van der Waals surface area contributed by atoms with E-state index in [0.717, 1.165) is 5.56 Å². The number of benzene rings is 1. The highest BCUT2D eigenvalue weighted by atomic mass is 31.2. The largest absolute Gasteiger partial charge is 0.369 e. The van der Waals surface area contributed by atoms with Gasteiger partial charge in [-0.3, -0.25) is 0 Å². The van der Waals surface area contributed by atoms with Crippen molar-refractivity contribution >= 4 is 7.14 Å². The summed E-state index contributed by atoms with van der Waals surface area (Å²) in [4.78, 5) is 0. The fourth-order valence-electron chi connectivity index (χ4n) is 1.37. The minimum absolute atomic E-state index is 0.270. The van der Waals surface area contributed by atoms with Gasteiger partial charge in [-0.15, -0.1) is 0 Å². The number of hydrogen-bond acceptors (Lipinski definition) is 2. The van der Waals surface area contributed by atoms with Crippen LogP contribution in [0.25, 0.3) is 0 Å². The van der Waals surface area contributed by atoms with Gasteiger partial charge in [-0.1, -0.05) is 30.3 Å². The Bertz CT molecular complexity index is 302. The summed E-state index contributed by atoms with van der Waals surface area (Å²) in [6, 6.07) is 9.67. The van der Waals surface area contributed by atoms with Crippen LogP contribution < -0.4 is 0 Å². The standard InChI is InChI=1S/C10H15O2P/c1-12-10(13(2,3)11)9-7-5-4-6-8-9/h4-8,10H,1-3H3. The molecule has 3 heteroatoms. The molecule has 0 fully saturated rings. The lowest BCUT2D eigenvalue weighted by Crippen LogP contribution is -2.00. The number of hydrogen-bond donors (Lipinski definition) is 0. The molecule has 1 rings (SSSR count). The van der Waals surface area contributed by atoms with Crippen molar-refractivity contribution in [2.75, 3.05) is 20.4 Å². The Morgan fingerprint density at radius 3 is 2.15 bits per heavy atom. The first kappa shape index (κ1) is 10.5. The quantitative estimate of drug-likeness (QED) is 0.698. The van der Waals surface area contributed by atoms with Gasteiger partial charge in [0.05, 0.1) is 0 Å². The number of methoxy groups -OCH3 is 1. The molecule has 0 bridgehead atoms. The molecule has 13 heavy (non-hydrogen) atoms. The van der Waals surface area contributed by atoms with Crippen molar-refractivity contribution in [3.05, 3.63) is 35.9 Å². The SMILES string of the molecule is COC(c1ccccc1)P(C)(C)=O. The fraction of sp³-hybridized carbons (Fsp3) is 0.400. The molecule has 0 spiro atoms. The van der Waals surface area contributed by atoms with Crippen molar-refractivity contribution in [2.24, 2.45) is 0 Å². The third-order valence-corrected chi connectivity index (χ3v) is 3.51. The molecule has 1 atom stereocenters. The van der Waals surface area contributed by atoms with Gasteiger partial charge in [0, 0.05) is 7.11 Å². The van der Waals surface area contributed by atoms with E-state index in [1.807, 2.05) is 30.3 Å². The lowest BCUT2D eigenvalue weighted by Gasteiger charge is -2.19. The minimum Gasteiger partial charge on any atom is -0.369 e. The molecule has 2 nitrogen and oxygen atoms in total. The van der Waals surface area contributed by atoms with E-state index < -0.39 is 7.14 Å². The smallest absolute Gasteiger partial charge is 0.134 e. The highest BCUT2D eigenvalue weighted by Gasteiger charge is 2.23. The van der Waals surface area contributed by atoms with Crippen molar-refractivity contribution in [3.8, 4) is 0 Å². The van der Waals surface area contributed by atoms with Crippen LogP contribution in [0.15, 0.2) is 30.3 Å². The highest BCUT2D eigenvalue weighted by molar-refractivity contribution is 7.62. The topological polar surface area (TPSA) is 26.3 Å². The molecular weight excluding hydrogens is 183 g/mol. The van der Waals surface area contributed by atoms with Crippen LogP contribution in [0.5, 0.6) is 0 Å². The predicted molar refractivity (Wildman–Crippen MR) is 55.6 cm³/mol. The zero-order valence-electron chi connectivity index (χ0n) is 8.23. The molecule has 72 valence electrons. The predicted octanol–water partition coefficient (Wildman–Crippen LogP) is 2.95. The molecule has 0 amide bonds. The maximum Gasteiger partial charge on any atom is 0.134 e. The molecule has 0 saturated heterocycles. The maximum absolute atomic E-state index is 11.8. The van der Waals surface area contributed by atoms with Crippen LogP contribution in [0.3, 0.4) is 0 Å². The van der Waals surface area contributed by atoms with Crippen LogP contribution in [0.1, 0.15) is 11.4 Å². The molecule has 1 unspecified atom stereocenters. The lowest BCUT2D eigenvalue weighted by molar-refractivity contribution is 0.165. The summed E-state index contributed by atoms with van der Waals surface area (Å²) in [7, 11) is -0.625. The molecule has 0 heterocycles. The van der Waals surface area contributed by atoms with Crippen LogP contribution in [-0.4, -0.2) is 20.4 Å². The Hall–Kier alpha value is -0.590. The monoisotopic (exact) mass is 198 g/mol. The van der Waals surface area contributed by atoms with E-state index in [0.29, 0.717) is 0 Å². The molecule has 0 aromatic heterocycles. The lowest BCUT2D eigenvalue weighted by atomic mass is 10.2. The van der Waals surface area contributed by atoms with E-state index in [9.17, 15) is 4.57 Å². The highest BCUT2D eigenvalue weighted by Crippen LogP contribution is 2.52. The molecular formula is C10H15O2P. The molecule has 1 aromatic carbocycles. The van der Waals surface area contributed by atoms with E-state index >= 15 is 0 Å². The van der Waals surface area contributed by atoms with Crippen LogP contribution in [0.2, 0.25) is 0 Å². The average Bonchev–Trinajstić information content (AvgIpc) is 2.05. The Morgan fingerprint density at radius 1 is 1.23 bits per heavy atom. The molecule has 0 aliphatic heterocycles. The number of rotatable bonds is 3. The van der Waals surface area contributed by atoms with E-state index in [1.165, 1.54) is 0 Å². The summed E-state index contributed by atoms with van der Waals surface area (Å²) in [6.45, 7) is 3.49. The summed E-state index contributed by atoms with van der Waals surface area (Å²) in [5.41, 5.74) is 0.985. The fourth-order valence-corrected chi connectivity index (χ4v) is 2.76. The Kier molecular flexibility index (Phi) is 3.29. The van der Waals surface area contributed by atoms with Gasteiger partial charge in [-0.25, -0.2) is 0 Å². The summed E-state index contributed by atoms with van der Waals surface area (Å²) in [5, 5.41) is 0. The Labute approximate surface area is 79.3 Å². The van der Waals surface area contributed by atoms with Gasteiger partial charge in [0.2, 0.25) is 0 Å². The number of ether oxygens (including phenoxy) is 1. The van der Waals surface area contributed by atoms with E-state index in [-0.39, 0.29) is 5.85 Å². The van der Waals surface area contributed by atoms with Gasteiger partial charge in [0.25, 0.3) is 0 Å². The van der Waals surface area contributed by atoms with Crippen LogP contribution in [0.4, 0.5) is 0 Å². The summed E-state index contributed by atoms with van der Waals surface area (Å²) >= 11 is 0. The summed E-state index contributed by atoms with van der Waals surface area (Å²) in [5.74, 6) is -0.270. The summed E-state index contributed by atoms with van der Waals surface area (Å²) < 4.78 is 17.1. The maximum atomic E-state index is 11.8. The van der Waals surface area contributed by atoms with Gasteiger partial charge >= 0.3 is 0 Å². The van der Waals surface area contributed by atoms with Gasteiger partial charge in [0.1, 0.15) is 13.0 Å². The second-order valence-electron chi connectivity index (χ2n) is 3.43. The van der Waals surface area contributed by atoms with Gasteiger partial charge < -0.3 is 9.30 Å². The first-order valence-corrected chi connectivity index (χ1v) is 6.85. The van der Waals surface area contributed by atoms with Crippen LogP contribution >= 0.6 is 7.14 Å². The second kappa shape index (κ2) is 4.08. The summed E-state index contributed by atoms with van der Waals surface area (Å²) in [6.07, 6.45) is 0. The third kappa shape index (κ3) is 2.68. The van der Waals surface area contributed by atoms with Gasteiger partial charge in [-0.05, 0) is 18.9 Å². The van der Waals surface area contributed by atoms with E-state index in [2.05, 4.69) is 0 Å². The average molecular weight is 198 g/mol. The molecule has 1 aromatic rings. The first-order valence-electron chi connectivity index (χ1n) is 4.18. The van der Waals surface area contributed by atoms with Crippen molar-refractivity contribution in [3.63, 3.8) is 0 Å². The van der Waals surface area contributed by atoms with Crippen molar-refractivity contribution in [2.45, 2.75) is 5.85 Å². The van der Waals surface area contributed by atoms with E-state index in [1.54, 1.807) is 20.4 Å². The normalized spacial score (nSPS) is 14.1. The zero-order chi connectivity index (χ0) is 9.90. The van der Waals surface area contributed by atoms with Crippen molar-refractivity contribution < 1.29 is 9.30 Å². The molecule has 0 aliphatic carbocycles. The second-order valence-corrected chi connectivity index (χ2v) is 6.77. The van der Waals surface area contributed by atoms with Crippen molar-refractivity contribution in [1.29, 1.82) is 0 Å². The zero-order valence-corrected chi connectivity index (χ0v) is 9.12. The molecule has 0 saturated carbocycles. The Morgan fingerprint density at radius 2 is 1.77 bits per heavy atom. The Balaban J connectivity index is 2.99. The van der Waals surface area contributed by atoms with Gasteiger partial charge in [0.15, 0.2) is 0 Å².